The molecule has 37 heavy (non-hydrogen) atoms. The van der Waals surface area contributed by atoms with Crippen LogP contribution in [0.25, 0.3) is 32.3 Å². The Morgan fingerprint density at radius 2 is 1.49 bits per heavy atom. The van der Waals surface area contributed by atoms with E-state index in [1.165, 1.54) is 34.0 Å². The van der Waals surface area contributed by atoms with Crippen molar-refractivity contribution in [2.75, 3.05) is 27.4 Å². The minimum Gasteiger partial charge on any atom is -0.382 e. The molecular weight excluding hydrogens is 487 g/mol. The van der Waals surface area contributed by atoms with Crippen molar-refractivity contribution in [2.45, 2.75) is 12.7 Å². The normalized spacial score (nSPS) is 14.0. The summed E-state index contributed by atoms with van der Waals surface area (Å²) in [5, 5.41) is 7.40. The predicted octanol–water partition coefficient (Wildman–Crippen LogP) is 6.28. The van der Waals surface area contributed by atoms with Crippen LogP contribution in [0.2, 0.25) is 0 Å². The summed E-state index contributed by atoms with van der Waals surface area (Å²) >= 11 is 0. The first-order valence-electron chi connectivity index (χ1n) is 11.9. The lowest BCUT2D eigenvalue weighted by molar-refractivity contribution is -0.0135. The summed E-state index contributed by atoms with van der Waals surface area (Å²) in [4.78, 5) is 9.52. The molecular formula is C30H27O6P. The third-order valence-electron chi connectivity index (χ3n) is 6.26. The molecule has 0 spiro atoms. The van der Waals surface area contributed by atoms with Crippen molar-refractivity contribution in [3.8, 4) is 11.8 Å². The monoisotopic (exact) mass is 514 g/mol. The standard InChI is InChI=1S/C30H27O6P/c1-33-19-27(36-37(31,32)34-2)20-35-18-22-8-6-21(7-9-22)10-11-23-12-13-26-15-14-24-4-3-5-25-16-17-28(23)30(26)29(24)25/h3-9,12-17,27H,18-20H2,1-2H3,(H,31,32)/t27-/m1/s1. The Morgan fingerprint density at radius 1 is 0.811 bits per heavy atom. The van der Waals surface area contributed by atoms with Crippen LogP contribution in [0.1, 0.15) is 16.7 Å². The van der Waals surface area contributed by atoms with Gasteiger partial charge < -0.3 is 14.4 Å². The molecule has 0 bridgehead atoms. The van der Waals surface area contributed by atoms with Gasteiger partial charge in [-0.15, -0.1) is 0 Å². The maximum Gasteiger partial charge on any atom is 0.472 e. The van der Waals surface area contributed by atoms with Gasteiger partial charge >= 0.3 is 7.82 Å². The fourth-order valence-corrected chi connectivity index (χ4v) is 5.09. The van der Waals surface area contributed by atoms with Crippen molar-refractivity contribution in [1.82, 2.24) is 0 Å². The van der Waals surface area contributed by atoms with E-state index >= 15 is 0 Å². The topological polar surface area (TPSA) is 74.2 Å². The van der Waals surface area contributed by atoms with Crippen molar-refractivity contribution in [3.05, 3.63) is 95.6 Å². The molecule has 1 unspecified atom stereocenters. The van der Waals surface area contributed by atoms with Gasteiger partial charge in [-0.3, -0.25) is 9.05 Å². The summed E-state index contributed by atoms with van der Waals surface area (Å²) in [5.74, 6) is 6.65. The van der Waals surface area contributed by atoms with E-state index in [2.05, 4.69) is 71.0 Å². The van der Waals surface area contributed by atoms with E-state index in [1.54, 1.807) is 0 Å². The largest absolute Gasteiger partial charge is 0.472 e. The van der Waals surface area contributed by atoms with Gasteiger partial charge in [0.1, 0.15) is 6.10 Å². The van der Waals surface area contributed by atoms with Gasteiger partial charge in [0.25, 0.3) is 0 Å². The van der Waals surface area contributed by atoms with Gasteiger partial charge in [0.2, 0.25) is 0 Å². The van der Waals surface area contributed by atoms with Gasteiger partial charge in [0.05, 0.1) is 19.8 Å². The van der Waals surface area contributed by atoms with E-state index < -0.39 is 13.9 Å². The lowest BCUT2D eigenvalue weighted by Crippen LogP contribution is -2.24. The Hall–Kier alpha value is -3.27. The molecule has 0 aliphatic heterocycles. The first kappa shape index (κ1) is 25.4. The van der Waals surface area contributed by atoms with Gasteiger partial charge in [-0.2, -0.15) is 0 Å². The van der Waals surface area contributed by atoms with Gasteiger partial charge in [0, 0.05) is 25.3 Å². The van der Waals surface area contributed by atoms with Crippen LogP contribution in [0.15, 0.2) is 78.9 Å². The summed E-state index contributed by atoms with van der Waals surface area (Å²) in [6.07, 6.45) is -0.726. The number of hydrogen-bond acceptors (Lipinski definition) is 5. The Labute approximate surface area is 215 Å². The van der Waals surface area contributed by atoms with Crippen molar-refractivity contribution in [2.24, 2.45) is 0 Å². The Kier molecular flexibility index (Phi) is 7.55. The zero-order valence-corrected chi connectivity index (χ0v) is 21.5. The van der Waals surface area contributed by atoms with Crippen molar-refractivity contribution in [1.29, 1.82) is 0 Å². The smallest absolute Gasteiger partial charge is 0.382 e. The van der Waals surface area contributed by atoms with Crippen LogP contribution >= 0.6 is 7.82 Å². The fraction of sp³-hybridized carbons (Fsp3) is 0.200. The highest BCUT2D eigenvalue weighted by molar-refractivity contribution is 7.47. The summed E-state index contributed by atoms with van der Waals surface area (Å²) in [7, 11) is -1.53. The molecule has 0 aliphatic carbocycles. The quantitative estimate of drug-likeness (QED) is 0.142. The third kappa shape index (κ3) is 5.69. The van der Waals surface area contributed by atoms with E-state index in [0.717, 1.165) is 29.2 Å². The van der Waals surface area contributed by atoms with E-state index in [4.69, 9.17) is 14.0 Å². The number of hydrogen-bond donors (Lipinski definition) is 1. The third-order valence-corrected chi connectivity index (χ3v) is 7.29. The molecule has 6 nitrogen and oxygen atoms in total. The molecule has 0 amide bonds. The number of phosphoric acid groups is 1. The van der Waals surface area contributed by atoms with Crippen molar-refractivity contribution < 1.29 is 28.0 Å². The zero-order chi connectivity index (χ0) is 25.8. The lowest BCUT2D eigenvalue weighted by atomic mass is 9.92. The molecule has 1 N–H and O–H groups in total. The molecule has 0 heterocycles. The van der Waals surface area contributed by atoms with Crippen molar-refractivity contribution in [3.63, 3.8) is 0 Å². The van der Waals surface area contributed by atoms with Crippen LogP contribution in [-0.2, 0) is 29.7 Å². The van der Waals surface area contributed by atoms with Gasteiger partial charge in [-0.05, 0) is 56.1 Å². The first-order valence-corrected chi connectivity index (χ1v) is 13.4. The molecule has 5 aromatic carbocycles. The number of methoxy groups -OCH3 is 1. The van der Waals surface area contributed by atoms with Gasteiger partial charge in [-0.1, -0.05) is 72.5 Å². The Balaban J connectivity index is 1.29. The van der Waals surface area contributed by atoms with E-state index in [-0.39, 0.29) is 13.2 Å². The SMILES string of the molecule is COC[C@H](COCc1ccc(C#Cc2ccc3ccc4cccc5ccc2c3c45)cc1)OP(=O)(O)OC. The highest BCUT2D eigenvalue weighted by Gasteiger charge is 2.25. The molecule has 5 aromatic rings. The minimum absolute atomic E-state index is 0.0813. The highest BCUT2D eigenvalue weighted by atomic mass is 31.2. The molecule has 2 atom stereocenters. The van der Waals surface area contributed by atoms with Gasteiger partial charge in [0.15, 0.2) is 0 Å². The molecule has 0 aliphatic rings. The number of rotatable bonds is 9. The van der Waals surface area contributed by atoms with Crippen LogP contribution in [0.4, 0.5) is 0 Å². The number of ether oxygens (including phenoxy) is 2. The average molecular weight is 515 g/mol. The fourth-order valence-electron chi connectivity index (χ4n) is 4.50. The van der Waals surface area contributed by atoms with Gasteiger partial charge in [-0.25, -0.2) is 4.57 Å². The molecule has 0 saturated heterocycles. The molecule has 5 rings (SSSR count). The van der Waals surface area contributed by atoms with Crippen LogP contribution in [0.3, 0.4) is 0 Å². The van der Waals surface area contributed by atoms with Crippen LogP contribution in [-0.4, -0.2) is 38.4 Å². The Morgan fingerprint density at radius 3 is 2.19 bits per heavy atom. The predicted molar refractivity (Wildman–Crippen MR) is 146 cm³/mol. The molecule has 188 valence electrons. The molecule has 0 fully saturated rings. The second kappa shape index (κ2) is 11.0. The first-order chi connectivity index (χ1) is 18.0. The number of benzene rings is 5. The zero-order valence-electron chi connectivity index (χ0n) is 20.6. The second-order valence-corrected chi connectivity index (χ2v) is 10.3. The molecule has 0 radical (unpaired) electrons. The summed E-state index contributed by atoms with van der Waals surface area (Å²) in [6, 6.07) is 27.1. The van der Waals surface area contributed by atoms with Crippen LogP contribution in [0.5, 0.6) is 0 Å². The van der Waals surface area contributed by atoms with E-state index in [1.807, 2.05) is 24.3 Å². The number of phosphoric ester groups is 1. The van der Waals surface area contributed by atoms with Crippen LogP contribution in [0, 0.1) is 11.8 Å². The van der Waals surface area contributed by atoms with E-state index in [0.29, 0.717) is 6.61 Å². The average Bonchev–Trinajstić information content (AvgIpc) is 2.91. The highest BCUT2D eigenvalue weighted by Crippen LogP contribution is 2.43. The Bertz CT molecular complexity index is 1620. The maximum absolute atomic E-state index is 11.7. The summed E-state index contributed by atoms with van der Waals surface area (Å²) < 4.78 is 31.9. The molecule has 7 heteroatoms. The van der Waals surface area contributed by atoms with Crippen molar-refractivity contribution >= 4 is 40.1 Å². The summed E-state index contributed by atoms with van der Waals surface area (Å²) in [5.41, 5.74) is 2.85. The summed E-state index contributed by atoms with van der Waals surface area (Å²) in [6.45, 7) is 0.498. The lowest BCUT2D eigenvalue weighted by Gasteiger charge is -2.19. The second-order valence-electron chi connectivity index (χ2n) is 8.77. The minimum atomic E-state index is -4.12. The maximum atomic E-state index is 11.7. The molecule has 0 aromatic heterocycles. The van der Waals surface area contributed by atoms with Crippen LogP contribution < -0.4 is 0 Å². The van der Waals surface area contributed by atoms with E-state index in [9.17, 15) is 9.46 Å². The molecule has 0 saturated carbocycles.